The third kappa shape index (κ3) is 6.06. The summed E-state index contributed by atoms with van der Waals surface area (Å²) in [4.78, 5) is 11.9. The van der Waals surface area contributed by atoms with Crippen LogP contribution in [0.1, 0.15) is 25.8 Å². The van der Waals surface area contributed by atoms with Gasteiger partial charge < -0.3 is 5.32 Å². The molecule has 1 amide bonds. The van der Waals surface area contributed by atoms with Crippen molar-refractivity contribution < 1.29 is 13.2 Å². The second kappa shape index (κ2) is 8.64. The molecule has 1 unspecified atom stereocenters. The Morgan fingerprint density at radius 3 is 2.55 bits per heavy atom. The van der Waals surface area contributed by atoms with Crippen molar-refractivity contribution in [3.8, 4) is 0 Å². The molecule has 0 bridgehead atoms. The Bertz CT molecular complexity index is 605. The van der Waals surface area contributed by atoms with E-state index in [1.165, 1.54) is 10.6 Å². The number of sulfonamides is 1. The van der Waals surface area contributed by atoms with Gasteiger partial charge in [-0.3, -0.25) is 4.79 Å². The van der Waals surface area contributed by atoms with E-state index in [9.17, 15) is 13.2 Å². The number of carbonyl (C=O) groups excluding carboxylic acids is 1. The Morgan fingerprint density at radius 1 is 1.36 bits per heavy atom. The van der Waals surface area contributed by atoms with E-state index >= 15 is 0 Å². The number of amides is 1. The van der Waals surface area contributed by atoms with Gasteiger partial charge in [0.05, 0.1) is 12.7 Å². The lowest BCUT2D eigenvalue weighted by atomic mass is 10.1. The minimum absolute atomic E-state index is 0.0739. The SMILES string of the molecule is CCC(C)N(CCNC(=O)Cc1ccccc1Br)S(C)(=O)=O. The standard InChI is InChI=1S/C15H23BrN2O3S/c1-4-12(2)18(22(3,20)21)10-9-17-15(19)11-13-7-5-6-8-14(13)16/h5-8,12H,4,9-11H2,1-3H3,(H,17,19). The summed E-state index contributed by atoms with van der Waals surface area (Å²) in [5, 5.41) is 2.77. The van der Waals surface area contributed by atoms with Gasteiger partial charge in [-0.2, -0.15) is 4.31 Å². The first-order chi connectivity index (χ1) is 10.3. The second-order valence-corrected chi connectivity index (χ2v) is 8.04. The molecule has 0 heterocycles. The van der Waals surface area contributed by atoms with Gasteiger partial charge in [-0.1, -0.05) is 41.1 Å². The summed E-state index contributed by atoms with van der Waals surface area (Å²) in [6.07, 6.45) is 2.20. The molecule has 0 saturated carbocycles. The molecule has 1 aromatic rings. The van der Waals surface area contributed by atoms with E-state index in [1.807, 2.05) is 38.1 Å². The van der Waals surface area contributed by atoms with Crippen LogP contribution in [-0.4, -0.2) is 44.0 Å². The first-order valence-electron chi connectivity index (χ1n) is 7.22. The van der Waals surface area contributed by atoms with Crippen molar-refractivity contribution >= 4 is 31.9 Å². The van der Waals surface area contributed by atoms with Gasteiger partial charge in [0.1, 0.15) is 0 Å². The number of benzene rings is 1. The summed E-state index contributed by atoms with van der Waals surface area (Å²) >= 11 is 3.40. The largest absolute Gasteiger partial charge is 0.354 e. The van der Waals surface area contributed by atoms with Gasteiger partial charge in [0, 0.05) is 23.6 Å². The molecular formula is C15H23BrN2O3S. The van der Waals surface area contributed by atoms with Crippen molar-refractivity contribution in [2.24, 2.45) is 0 Å². The minimum atomic E-state index is -3.27. The molecule has 1 atom stereocenters. The van der Waals surface area contributed by atoms with E-state index in [0.717, 1.165) is 16.5 Å². The molecule has 0 radical (unpaired) electrons. The maximum atomic E-state index is 11.9. The van der Waals surface area contributed by atoms with Gasteiger partial charge in [-0.25, -0.2) is 8.42 Å². The van der Waals surface area contributed by atoms with Crippen LogP contribution < -0.4 is 5.32 Å². The molecule has 1 aromatic carbocycles. The molecule has 22 heavy (non-hydrogen) atoms. The fourth-order valence-electron chi connectivity index (χ4n) is 2.10. The van der Waals surface area contributed by atoms with E-state index in [2.05, 4.69) is 21.2 Å². The number of halogens is 1. The van der Waals surface area contributed by atoms with Crippen molar-refractivity contribution in [3.63, 3.8) is 0 Å². The van der Waals surface area contributed by atoms with Crippen LogP contribution in [0.15, 0.2) is 28.7 Å². The van der Waals surface area contributed by atoms with Crippen molar-refractivity contribution in [1.82, 2.24) is 9.62 Å². The number of hydrogen-bond acceptors (Lipinski definition) is 3. The number of nitrogens with zero attached hydrogens (tertiary/aromatic N) is 1. The Morgan fingerprint density at radius 2 is 2.00 bits per heavy atom. The summed E-state index contributed by atoms with van der Waals surface area (Å²) in [6.45, 7) is 4.40. The normalized spacial score (nSPS) is 13.1. The van der Waals surface area contributed by atoms with E-state index in [-0.39, 0.29) is 24.9 Å². The van der Waals surface area contributed by atoms with Crippen LogP contribution in [0.2, 0.25) is 0 Å². The molecule has 0 aromatic heterocycles. The third-order valence-corrected chi connectivity index (χ3v) is 5.64. The lowest BCUT2D eigenvalue weighted by Crippen LogP contribution is -2.43. The fourth-order valence-corrected chi connectivity index (χ4v) is 3.75. The van der Waals surface area contributed by atoms with Crippen LogP contribution in [0.3, 0.4) is 0 Å². The molecule has 0 fully saturated rings. The number of rotatable bonds is 8. The highest BCUT2D eigenvalue weighted by Gasteiger charge is 2.21. The van der Waals surface area contributed by atoms with Crippen molar-refractivity contribution in [2.45, 2.75) is 32.7 Å². The molecule has 7 heteroatoms. The molecule has 1 rings (SSSR count). The molecule has 0 aliphatic heterocycles. The van der Waals surface area contributed by atoms with Crippen LogP contribution in [0.5, 0.6) is 0 Å². The van der Waals surface area contributed by atoms with Crippen molar-refractivity contribution in [2.75, 3.05) is 19.3 Å². The molecule has 0 saturated heterocycles. The summed E-state index contributed by atoms with van der Waals surface area (Å²) < 4.78 is 25.8. The van der Waals surface area contributed by atoms with Crippen LogP contribution in [0, 0.1) is 0 Å². The first-order valence-corrected chi connectivity index (χ1v) is 9.86. The number of nitrogens with one attached hydrogen (secondary N) is 1. The number of hydrogen-bond donors (Lipinski definition) is 1. The van der Waals surface area contributed by atoms with Gasteiger partial charge in [-0.15, -0.1) is 0 Å². The van der Waals surface area contributed by atoms with Crippen LogP contribution in [-0.2, 0) is 21.2 Å². The van der Waals surface area contributed by atoms with E-state index < -0.39 is 10.0 Å². The maximum Gasteiger partial charge on any atom is 0.224 e. The molecule has 0 spiro atoms. The van der Waals surface area contributed by atoms with Crippen molar-refractivity contribution in [3.05, 3.63) is 34.3 Å². The van der Waals surface area contributed by atoms with Crippen molar-refractivity contribution in [1.29, 1.82) is 0 Å². The second-order valence-electron chi connectivity index (χ2n) is 5.25. The Balaban J connectivity index is 2.52. The summed E-state index contributed by atoms with van der Waals surface area (Å²) in [6, 6.07) is 7.46. The van der Waals surface area contributed by atoms with Gasteiger partial charge in [0.25, 0.3) is 0 Å². The molecular weight excluding hydrogens is 368 g/mol. The highest BCUT2D eigenvalue weighted by Crippen LogP contribution is 2.16. The van der Waals surface area contributed by atoms with E-state index in [4.69, 9.17) is 0 Å². The van der Waals surface area contributed by atoms with Crippen LogP contribution in [0.4, 0.5) is 0 Å². The Labute approximate surface area is 141 Å². The molecule has 0 aliphatic carbocycles. The monoisotopic (exact) mass is 390 g/mol. The molecule has 1 N–H and O–H groups in total. The molecule has 124 valence electrons. The quantitative estimate of drug-likeness (QED) is 0.739. The Hall–Kier alpha value is -0.920. The summed E-state index contributed by atoms with van der Waals surface area (Å²) in [5.41, 5.74) is 0.905. The average molecular weight is 391 g/mol. The predicted molar refractivity (Wildman–Crippen MR) is 92.2 cm³/mol. The minimum Gasteiger partial charge on any atom is -0.354 e. The van der Waals surface area contributed by atoms with Gasteiger partial charge >= 0.3 is 0 Å². The Kier molecular flexibility index (Phi) is 7.52. The fraction of sp³-hybridized carbons (Fsp3) is 0.533. The maximum absolute atomic E-state index is 11.9. The van der Waals surface area contributed by atoms with Gasteiger partial charge in [-0.05, 0) is 25.0 Å². The van der Waals surface area contributed by atoms with E-state index in [0.29, 0.717) is 6.54 Å². The van der Waals surface area contributed by atoms with Crippen LogP contribution in [0.25, 0.3) is 0 Å². The molecule has 5 nitrogen and oxygen atoms in total. The van der Waals surface area contributed by atoms with Gasteiger partial charge in [0.2, 0.25) is 15.9 Å². The highest BCUT2D eigenvalue weighted by atomic mass is 79.9. The third-order valence-electron chi connectivity index (χ3n) is 3.47. The molecule has 0 aliphatic rings. The highest BCUT2D eigenvalue weighted by molar-refractivity contribution is 9.10. The zero-order valence-electron chi connectivity index (χ0n) is 13.2. The zero-order chi connectivity index (χ0) is 16.8. The predicted octanol–water partition coefficient (Wildman–Crippen LogP) is 2.17. The average Bonchev–Trinajstić information content (AvgIpc) is 2.44. The number of carbonyl (C=O) groups is 1. The van der Waals surface area contributed by atoms with Gasteiger partial charge in [0.15, 0.2) is 0 Å². The first kappa shape index (κ1) is 19.1. The lowest BCUT2D eigenvalue weighted by Gasteiger charge is -2.26. The zero-order valence-corrected chi connectivity index (χ0v) is 15.6. The topological polar surface area (TPSA) is 66.5 Å². The summed E-state index contributed by atoms with van der Waals surface area (Å²) in [7, 11) is -3.27. The van der Waals surface area contributed by atoms with Crippen LogP contribution >= 0.6 is 15.9 Å². The lowest BCUT2D eigenvalue weighted by molar-refractivity contribution is -0.120. The summed E-state index contributed by atoms with van der Waals surface area (Å²) in [5.74, 6) is -0.121. The smallest absolute Gasteiger partial charge is 0.224 e. The van der Waals surface area contributed by atoms with E-state index in [1.54, 1.807) is 0 Å².